The molecule has 0 heterocycles. The van der Waals surface area contributed by atoms with Crippen molar-refractivity contribution in [2.45, 2.75) is 58.4 Å². The maximum absolute atomic E-state index is 11.1. The Hall–Kier alpha value is -2.04. The number of guanidine groups is 1. The van der Waals surface area contributed by atoms with Crippen LogP contribution in [-0.4, -0.2) is 25.0 Å². The van der Waals surface area contributed by atoms with Crippen molar-refractivity contribution in [2.24, 2.45) is 16.6 Å². The molecule has 138 valence electrons. The van der Waals surface area contributed by atoms with Gasteiger partial charge in [0.15, 0.2) is 5.96 Å². The van der Waals surface area contributed by atoms with Crippen LogP contribution in [-0.2, 0) is 6.54 Å². The zero-order valence-corrected chi connectivity index (χ0v) is 15.4. The predicted molar refractivity (Wildman–Crippen MR) is 104 cm³/mol. The van der Waals surface area contributed by atoms with E-state index in [9.17, 15) is 4.79 Å². The number of nitrogens with two attached hydrogens (primary N) is 1. The minimum absolute atomic E-state index is 0.400. The Morgan fingerprint density at radius 2 is 1.88 bits per heavy atom. The van der Waals surface area contributed by atoms with Crippen molar-refractivity contribution in [3.05, 3.63) is 35.4 Å². The normalized spacial score (nSPS) is 15.3. The lowest BCUT2D eigenvalue weighted by Gasteiger charge is -2.12. The van der Waals surface area contributed by atoms with Crippen LogP contribution in [0.2, 0.25) is 0 Å². The molecule has 5 nitrogen and oxygen atoms in total. The van der Waals surface area contributed by atoms with Crippen LogP contribution in [0.5, 0.6) is 0 Å². The Morgan fingerprint density at radius 1 is 1.16 bits per heavy atom. The fourth-order valence-corrected chi connectivity index (χ4v) is 3.35. The first-order valence-corrected chi connectivity index (χ1v) is 9.60. The summed E-state index contributed by atoms with van der Waals surface area (Å²) in [5, 5.41) is 6.69. The number of benzene rings is 1. The first-order valence-electron chi connectivity index (χ1n) is 9.60. The molecule has 1 aromatic rings. The van der Waals surface area contributed by atoms with Gasteiger partial charge in [0.1, 0.15) is 0 Å². The van der Waals surface area contributed by atoms with Crippen molar-refractivity contribution < 1.29 is 4.79 Å². The standard InChI is InChI=1S/C20H32N4O/c1-2-22-20(23-14-6-5-9-16-7-3-4-8-16)24-15-17-10-12-18(13-11-17)19(21)25/h10-13,16H,2-9,14-15H2,1H3,(H2,21,25)(H2,22,23,24). The molecule has 1 amide bonds. The minimum atomic E-state index is -0.400. The highest BCUT2D eigenvalue weighted by molar-refractivity contribution is 5.92. The van der Waals surface area contributed by atoms with Crippen molar-refractivity contribution in [3.8, 4) is 0 Å². The zero-order chi connectivity index (χ0) is 17.9. The van der Waals surface area contributed by atoms with Crippen LogP contribution in [0, 0.1) is 5.92 Å². The van der Waals surface area contributed by atoms with Crippen LogP contribution in [0.1, 0.15) is 67.8 Å². The van der Waals surface area contributed by atoms with Gasteiger partial charge in [-0.3, -0.25) is 4.79 Å². The van der Waals surface area contributed by atoms with Crippen LogP contribution in [0.15, 0.2) is 29.3 Å². The molecule has 1 aromatic carbocycles. The number of nitrogens with one attached hydrogen (secondary N) is 2. The van der Waals surface area contributed by atoms with E-state index < -0.39 is 5.91 Å². The number of carbonyl (C=O) groups is 1. The Morgan fingerprint density at radius 3 is 2.52 bits per heavy atom. The summed E-state index contributed by atoms with van der Waals surface area (Å²) in [6, 6.07) is 7.29. The zero-order valence-electron chi connectivity index (χ0n) is 15.4. The molecule has 0 radical (unpaired) electrons. The average molecular weight is 345 g/mol. The molecule has 1 saturated carbocycles. The van der Waals surface area contributed by atoms with Gasteiger partial charge in [-0.05, 0) is 37.0 Å². The number of nitrogens with zero attached hydrogens (tertiary/aromatic N) is 1. The van der Waals surface area contributed by atoms with Gasteiger partial charge in [0, 0.05) is 18.7 Å². The van der Waals surface area contributed by atoms with Gasteiger partial charge in [-0.1, -0.05) is 50.7 Å². The van der Waals surface area contributed by atoms with E-state index in [-0.39, 0.29) is 0 Å². The topological polar surface area (TPSA) is 79.5 Å². The van der Waals surface area contributed by atoms with Gasteiger partial charge >= 0.3 is 0 Å². The molecule has 0 atom stereocenters. The smallest absolute Gasteiger partial charge is 0.248 e. The number of aliphatic imine (C=N–C) groups is 1. The molecule has 5 heteroatoms. The first-order chi connectivity index (χ1) is 12.2. The summed E-state index contributed by atoms with van der Waals surface area (Å²) in [7, 11) is 0. The van der Waals surface area contributed by atoms with Gasteiger partial charge in [-0.15, -0.1) is 0 Å². The SMILES string of the molecule is CCNC(=NCc1ccc(C(N)=O)cc1)NCCCCC1CCCC1. The Labute approximate surface area is 151 Å². The number of primary amides is 1. The molecule has 0 aromatic heterocycles. The average Bonchev–Trinajstić information content (AvgIpc) is 3.13. The second-order valence-electron chi connectivity index (χ2n) is 6.83. The summed E-state index contributed by atoms with van der Waals surface area (Å²) in [5.74, 6) is 1.43. The maximum atomic E-state index is 11.1. The van der Waals surface area contributed by atoms with E-state index in [0.29, 0.717) is 12.1 Å². The van der Waals surface area contributed by atoms with Crippen molar-refractivity contribution in [1.29, 1.82) is 0 Å². The molecular formula is C20H32N4O. The monoisotopic (exact) mass is 344 g/mol. The van der Waals surface area contributed by atoms with E-state index in [1.54, 1.807) is 12.1 Å². The molecule has 0 saturated heterocycles. The van der Waals surface area contributed by atoms with E-state index >= 15 is 0 Å². The van der Waals surface area contributed by atoms with Crippen molar-refractivity contribution in [1.82, 2.24) is 10.6 Å². The van der Waals surface area contributed by atoms with Gasteiger partial charge in [0.05, 0.1) is 6.54 Å². The van der Waals surface area contributed by atoms with Crippen LogP contribution in [0.3, 0.4) is 0 Å². The van der Waals surface area contributed by atoms with Crippen molar-refractivity contribution >= 4 is 11.9 Å². The molecule has 25 heavy (non-hydrogen) atoms. The second-order valence-corrected chi connectivity index (χ2v) is 6.83. The van der Waals surface area contributed by atoms with Gasteiger partial charge < -0.3 is 16.4 Å². The third-order valence-corrected chi connectivity index (χ3v) is 4.81. The lowest BCUT2D eigenvalue weighted by Crippen LogP contribution is -2.37. The lowest BCUT2D eigenvalue weighted by atomic mass is 10.0. The summed E-state index contributed by atoms with van der Waals surface area (Å²) >= 11 is 0. The fourth-order valence-electron chi connectivity index (χ4n) is 3.35. The minimum Gasteiger partial charge on any atom is -0.366 e. The number of rotatable bonds is 9. The number of amides is 1. The second kappa shape index (κ2) is 10.7. The first kappa shape index (κ1) is 19.3. The van der Waals surface area contributed by atoms with E-state index in [4.69, 9.17) is 5.73 Å². The van der Waals surface area contributed by atoms with Crippen LogP contribution in [0.25, 0.3) is 0 Å². The van der Waals surface area contributed by atoms with Gasteiger partial charge in [0.25, 0.3) is 0 Å². The summed E-state index contributed by atoms with van der Waals surface area (Å²) in [5.41, 5.74) is 6.84. The lowest BCUT2D eigenvalue weighted by molar-refractivity contribution is 0.100. The van der Waals surface area contributed by atoms with E-state index in [0.717, 1.165) is 30.5 Å². The van der Waals surface area contributed by atoms with Crippen molar-refractivity contribution in [2.75, 3.05) is 13.1 Å². The summed E-state index contributed by atoms with van der Waals surface area (Å²) < 4.78 is 0. The van der Waals surface area contributed by atoms with Gasteiger partial charge in [0.2, 0.25) is 5.91 Å². The molecule has 0 aliphatic heterocycles. The molecule has 1 aliphatic carbocycles. The molecule has 2 rings (SSSR count). The Bertz CT molecular complexity index is 547. The summed E-state index contributed by atoms with van der Waals surface area (Å²) in [4.78, 5) is 15.7. The number of hydrogen-bond acceptors (Lipinski definition) is 2. The highest BCUT2D eigenvalue weighted by Crippen LogP contribution is 2.28. The van der Waals surface area contributed by atoms with E-state index in [2.05, 4.69) is 22.5 Å². The Kier molecular flexibility index (Phi) is 8.29. The number of carbonyl (C=O) groups excluding carboxylic acids is 1. The maximum Gasteiger partial charge on any atom is 0.248 e. The van der Waals surface area contributed by atoms with E-state index in [1.807, 2.05) is 12.1 Å². The molecule has 0 unspecified atom stereocenters. The highest BCUT2D eigenvalue weighted by Gasteiger charge is 2.13. The number of unbranched alkanes of at least 4 members (excludes halogenated alkanes) is 1. The summed E-state index contributed by atoms with van der Waals surface area (Å²) in [6.07, 6.45) is 9.60. The molecule has 1 fully saturated rings. The highest BCUT2D eigenvalue weighted by atomic mass is 16.1. The summed E-state index contributed by atoms with van der Waals surface area (Å²) in [6.45, 7) is 4.45. The molecule has 0 spiro atoms. The van der Waals surface area contributed by atoms with E-state index in [1.165, 1.54) is 44.9 Å². The van der Waals surface area contributed by atoms with Crippen molar-refractivity contribution in [3.63, 3.8) is 0 Å². The van der Waals surface area contributed by atoms with Crippen LogP contribution >= 0.6 is 0 Å². The number of hydrogen-bond donors (Lipinski definition) is 3. The Balaban J connectivity index is 1.72. The van der Waals surface area contributed by atoms with Crippen LogP contribution < -0.4 is 16.4 Å². The fraction of sp³-hybridized carbons (Fsp3) is 0.600. The van der Waals surface area contributed by atoms with Crippen LogP contribution in [0.4, 0.5) is 0 Å². The van der Waals surface area contributed by atoms with Gasteiger partial charge in [-0.2, -0.15) is 0 Å². The third-order valence-electron chi connectivity index (χ3n) is 4.81. The molecule has 1 aliphatic rings. The molecule has 0 bridgehead atoms. The largest absolute Gasteiger partial charge is 0.366 e. The van der Waals surface area contributed by atoms with Gasteiger partial charge in [-0.25, -0.2) is 4.99 Å². The molecule has 4 N–H and O–H groups in total. The third kappa shape index (κ3) is 7.16. The quantitative estimate of drug-likeness (QED) is 0.366. The predicted octanol–water partition coefficient (Wildman–Crippen LogP) is 3.20. The molecular weight excluding hydrogens is 312 g/mol.